The number of hydrogen-bond acceptors (Lipinski definition) is 6. The van der Waals surface area contributed by atoms with Gasteiger partial charge in [0.15, 0.2) is 9.84 Å². The third-order valence-electron chi connectivity index (χ3n) is 5.36. The van der Waals surface area contributed by atoms with Crippen LogP contribution in [0.5, 0.6) is 0 Å². The normalized spacial score (nSPS) is 21.8. The van der Waals surface area contributed by atoms with Crippen LogP contribution in [0.3, 0.4) is 0 Å². The van der Waals surface area contributed by atoms with Crippen molar-refractivity contribution >= 4 is 44.9 Å². The van der Waals surface area contributed by atoms with Gasteiger partial charge >= 0.3 is 0 Å². The zero-order chi connectivity index (χ0) is 23.2. The fourth-order valence-electron chi connectivity index (χ4n) is 3.29. The number of amides is 1. The molecule has 1 aliphatic rings. The number of aliphatic imine (C=N–C) groups is 1. The van der Waals surface area contributed by atoms with Crippen molar-refractivity contribution in [2.45, 2.75) is 31.1 Å². The first-order valence-corrected chi connectivity index (χ1v) is 11.3. The Morgan fingerprint density at radius 1 is 1.32 bits per heavy atom. The summed E-state index contributed by atoms with van der Waals surface area (Å²) in [5, 5.41) is 2.98. The summed E-state index contributed by atoms with van der Waals surface area (Å²) in [5.74, 6) is -1.75. The lowest BCUT2D eigenvalue weighted by atomic mass is 9.92. The average Bonchev–Trinajstić information content (AvgIpc) is 2.67. The molecule has 1 atom stereocenters. The van der Waals surface area contributed by atoms with E-state index in [-0.39, 0.29) is 22.8 Å². The highest BCUT2D eigenvalue weighted by atomic mass is 35.5. The van der Waals surface area contributed by atoms with Gasteiger partial charge in [0.05, 0.1) is 10.8 Å². The van der Waals surface area contributed by atoms with E-state index in [0.717, 1.165) is 6.07 Å². The van der Waals surface area contributed by atoms with Crippen molar-refractivity contribution in [3.8, 4) is 0 Å². The molecule has 0 bridgehead atoms. The average molecular weight is 465 g/mol. The van der Waals surface area contributed by atoms with Crippen LogP contribution in [0.25, 0.3) is 6.08 Å². The second-order valence-electron chi connectivity index (χ2n) is 7.98. The number of carbonyl (C=O) groups is 1. The number of anilines is 1. The van der Waals surface area contributed by atoms with E-state index in [9.17, 15) is 17.6 Å². The Bertz CT molecular complexity index is 1230. The summed E-state index contributed by atoms with van der Waals surface area (Å²) in [4.78, 5) is 21.1. The van der Waals surface area contributed by atoms with Gasteiger partial charge in [0.1, 0.15) is 27.6 Å². The number of rotatable bonds is 4. The summed E-state index contributed by atoms with van der Waals surface area (Å²) in [6, 6.07) is 5.39. The number of hydrogen-bond donors (Lipinski definition) is 2. The summed E-state index contributed by atoms with van der Waals surface area (Å²) < 4.78 is 38.9. The molecule has 1 aliphatic heterocycles. The molecule has 0 aliphatic carbocycles. The molecule has 7 nitrogen and oxygen atoms in total. The molecular weight excluding hydrogens is 443 g/mol. The summed E-state index contributed by atoms with van der Waals surface area (Å²) in [5.41, 5.74) is 5.24. The molecule has 2 heterocycles. The van der Waals surface area contributed by atoms with Crippen molar-refractivity contribution in [3.63, 3.8) is 0 Å². The Morgan fingerprint density at radius 3 is 2.61 bits per heavy atom. The van der Waals surface area contributed by atoms with Crippen LogP contribution in [0, 0.1) is 5.82 Å². The highest BCUT2D eigenvalue weighted by Gasteiger charge is 2.49. The summed E-state index contributed by atoms with van der Waals surface area (Å²) in [6.45, 7) is 8.06. The van der Waals surface area contributed by atoms with Crippen molar-refractivity contribution in [1.82, 2.24) is 4.98 Å². The molecule has 3 rings (SSSR count). The van der Waals surface area contributed by atoms with E-state index < -0.39 is 37.6 Å². The van der Waals surface area contributed by atoms with Gasteiger partial charge in [-0.25, -0.2) is 17.8 Å². The van der Waals surface area contributed by atoms with E-state index in [1.54, 1.807) is 6.07 Å². The second-order valence-corrected chi connectivity index (χ2v) is 11.0. The van der Waals surface area contributed by atoms with E-state index in [1.165, 1.54) is 45.2 Å². The van der Waals surface area contributed by atoms with E-state index in [2.05, 4.69) is 21.9 Å². The molecule has 3 N–H and O–H groups in total. The van der Waals surface area contributed by atoms with Gasteiger partial charge in [-0.3, -0.25) is 9.79 Å². The van der Waals surface area contributed by atoms with Crippen LogP contribution >= 0.6 is 11.6 Å². The molecule has 10 heteroatoms. The zero-order valence-corrected chi connectivity index (χ0v) is 18.8. The zero-order valence-electron chi connectivity index (χ0n) is 17.2. The second kappa shape index (κ2) is 7.72. The minimum absolute atomic E-state index is 0.000310. The van der Waals surface area contributed by atoms with Gasteiger partial charge in [0, 0.05) is 23.0 Å². The number of pyridine rings is 1. The maximum Gasteiger partial charge on any atom is 0.274 e. The van der Waals surface area contributed by atoms with Crippen LogP contribution < -0.4 is 11.1 Å². The lowest BCUT2D eigenvalue weighted by Gasteiger charge is -2.38. The van der Waals surface area contributed by atoms with Gasteiger partial charge in [-0.1, -0.05) is 24.3 Å². The minimum atomic E-state index is -3.72. The number of halogens is 2. The van der Waals surface area contributed by atoms with Gasteiger partial charge in [-0.05, 0) is 45.0 Å². The van der Waals surface area contributed by atoms with E-state index in [0.29, 0.717) is 10.6 Å². The maximum atomic E-state index is 14.7. The number of nitrogens with one attached hydrogen (secondary N) is 1. The van der Waals surface area contributed by atoms with Crippen molar-refractivity contribution in [1.29, 1.82) is 0 Å². The van der Waals surface area contributed by atoms with Crippen LogP contribution in [0.2, 0.25) is 5.02 Å². The topological polar surface area (TPSA) is 115 Å². The number of sulfone groups is 1. The van der Waals surface area contributed by atoms with Gasteiger partial charge in [-0.2, -0.15) is 0 Å². The smallest absolute Gasteiger partial charge is 0.274 e. The van der Waals surface area contributed by atoms with Crippen LogP contribution in [0.1, 0.15) is 42.4 Å². The fourth-order valence-corrected chi connectivity index (χ4v) is 5.14. The highest BCUT2D eigenvalue weighted by molar-refractivity contribution is 7.93. The number of amidine groups is 1. The Morgan fingerprint density at radius 2 is 2.00 bits per heavy atom. The standard InChI is InChI=1S/C21H22ClFN4O3S/c1-5-12-8-13(22)10-25-17(12)18(28)26-14-6-7-16(23)15(9-14)21(4)11-31(29,30)20(2,3)19(24)27-21/h5-10H,1,11H2,2-4H3,(H2,24,27)(H,26,28)/t21-/m0/s1. The summed E-state index contributed by atoms with van der Waals surface area (Å²) in [7, 11) is -3.72. The van der Waals surface area contributed by atoms with Gasteiger partial charge in [0.2, 0.25) is 0 Å². The first-order chi connectivity index (χ1) is 14.3. The Labute approximate surface area is 185 Å². The first kappa shape index (κ1) is 22.9. The largest absolute Gasteiger partial charge is 0.386 e. The predicted molar refractivity (Wildman–Crippen MR) is 121 cm³/mol. The Balaban J connectivity index is 2.01. The summed E-state index contributed by atoms with van der Waals surface area (Å²) >= 11 is 5.90. The number of aromatic nitrogens is 1. The monoisotopic (exact) mass is 464 g/mol. The first-order valence-electron chi connectivity index (χ1n) is 9.28. The lowest BCUT2D eigenvalue weighted by Crippen LogP contribution is -2.55. The molecule has 0 spiro atoms. The molecule has 0 unspecified atom stereocenters. The van der Waals surface area contributed by atoms with Gasteiger partial charge < -0.3 is 11.1 Å². The minimum Gasteiger partial charge on any atom is -0.386 e. The molecule has 0 saturated heterocycles. The predicted octanol–water partition coefficient (Wildman–Crippen LogP) is 3.55. The number of nitrogens with two attached hydrogens (primary N) is 1. The number of carbonyl (C=O) groups excluding carboxylic acids is 1. The third-order valence-corrected chi connectivity index (χ3v) is 8.27. The number of benzene rings is 1. The van der Waals surface area contributed by atoms with Crippen LogP contribution in [0.4, 0.5) is 10.1 Å². The quantitative estimate of drug-likeness (QED) is 0.718. The molecule has 0 radical (unpaired) electrons. The molecule has 31 heavy (non-hydrogen) atoms. The molecule has 1 aromatic heterocycles. The van der Waals surface area contributed by atoms with E-state index >= 15 is 0 Å². The van der Waals surface area contributed by atoms with Crippen LogP contribution in [0.15, 0.2) is 42.0 Å². The molecular formula is C21H22ClFN4O3S. The van der Waals surface area contributed by atoms with Crippen LogP contribution in [-0.2, 0) is 15.4 Å². The Kier molecular flexibility index (Phi) is 5.70. The molecule has 2 aromatic rings. The number of nitrogens with zero attached hydrogens (tertiary/aromatic N) is 2. The van der Waals surface area contributed by atoms with Gasteiger partial charge in [-0.15, -0.1) is 0 Å². The van der Waals surface area contributed by atoms with Crippen molar-refractivity contribution < 1.29 is 17.6 Å². The Hall–Kier alpha value is -2.78. The molecule has 1 amide bonds. The molecule has 164 valence electrons. The van der Waals surface area contributed by atoms with Gasteiger partial charge in [0.25, 0.3) is 5.91 Å². The van der Waals surface area contributed by atoms with Crippen molar-refractivity contribution in [2.24, 2.45) is 10.7 Å². The molecule has 1 aromatic carbocycles. The maximum absolute atomic E-state index is 14.7. The molecule has 0 fully saturated rings. The van der Waals surface area contributed by atoms with E-state index in [4.69, 9.17) is 17.3 Å². The molecule has 0 saturated carbocycles. The third kappa shape index (κ3) is 4.07. The summed E-state index contributed by atoms with van der Waals surface area (Å²) in [6.07, 6.45) is 2.77. The van der Waals surface area contributed by atoms with Crippen molar-refractivity contribution in [2.75, 3.05) is 11.1 Å². The van der Waals surface area contributed by atoms with Crippen molar-refractivity contribution in [3.05, 3.63) is 64.7 Å². The van der Waals surface area contributed by atoms with E-state index in [1.807, 2.05) is 0 Å². The lowest BCUT2D eigenvalue weighted by molar-refractivity contribution is 0.102. The highest BCUT2D eigenvalue weighted by Crippen LogP contribution is 2.38. The SMILES string of the molecule is C=Cc1cc(Cl)cnc1C(=O)Nc1ccc(F)c([C@]2(C)CS(=O)(=O)C(C)(C)C(N)=N2)c1. The fraction of sp³-hybridized carbons (Fsp3) is 0.286. The van der Waals surface area contributed by atoms with Crippen LogP contribution in [-0.4, -0.2) is 35.6 Å².